The van der Waals surface area contributed by atoms with Gasteiger partial charge in [0.05, 0.1) is 6.61 Å². The highest BCUT2D eigenvalue weighted by molar-refractivity contribution is 6.30. The molecule has 0 amide bonds. The molecule has 0 aliphatic carbocycles. The lowest BCUT2D eigenvalue weighted by atomic mass is 9.90. The smallest absolute Gasteiger partial charge is 0.113 e. The lowest BCUT2D eigenvalue weighted by molar-refractivity contribution is -0.0429. The predicted octanol–water partition coefficient (Wildman–Crippen LogP) is 1.91. The lowest BCUT2D eigenvalue weighted by Gasteiger charge is -2.28. The molecule has 0 heterocycles. The number of ether oxygens (including phenoxy) is 1. The first kappa shape index (κ1) is 13.5. The first-order valence-electron chi connectivity index (χ1n) is 5.30. The van der Waals surface area contributed by atoms with E-state index in [9.17, 15) is 5.11 Å². The molecule has 0 radical (unpaired) electrons. The van der Waals surface area contributed by atoms with E-state index < -0.39 is 5.60 Å². The largest absolute Gasteiger partial charge is 0.383 e. The molecule has 3 nitrogen and oxygen atoms in total. The summed E-state index contributed by atoms with van der Waals surface area (Å²) in [4.78, 5) is 0. The highest BCUT2D eigenvalue weighted by Gasteiger charge is 2.28. The maximum atomic E-state index is 10.5. The van der Waals surface area contributed by atoms with Crippen molar-refractivity contribution in [1.82, 2.24) is 0 Å². The number of methoxy groups -OCH3 is 1. The topological polar surface area (TPSA) is 55.5 Å². The van der Waals surface area contributed by atoms with Gasteiger partial charge in [-0.2, -0.15) is 0 Å². The van der Waals surface area contributed by atoms with E-state index in [4.69, 9.17) is 22.1 Å². The Balaban J connectivity index is 2.91. The van der Waals surface area contributed by atoms with Crippen LogP contribution in [-0.4, -0.2) is 25.4 Å². The van der Waals surface area contributed by atoms with Crippen LogP contribution < -0.4 is 5.73 Å². The van der Waals surface area contributed by atoms with E-state index in [1.165, 1.54) is 0 Å². The van der Waals surface area contributed by atoms with Crippen molar-refractivity contribution in [2.45, 2.75) is 18.4 Å². The molecule has 0 fully saturated rings. The van der Waals surface area contributed by atoms with Crippen molar-refractivity contribution in [3.8, 4) is 0 Å². The summed E-state index contributed by atoms with van der Waals surface area (Å²) in [6.07, 6.45) is 1.31. The standard InChI is InChI=1S/C12H18ClNO2/c1-16-9-12(15,6-3-7-14)10-4-2-5-11(13)8-10/h2,4-5,8,15H,3,6-7,9,14H2,1H3. The second-order valence-electron chi connectivity index (χ2n) is 3.87. The fraction of sp³-hybridized carbons (Fsp3) is 0.500. The number of hydrogen-bond acceptors (Lipinski definition) is 3. The molecule has 0 bridgehead atoms. The molecule has 0 spiro atoms. The van der Waals surface area contributed by atoms with E-state index in [1.807, 2.05) is 12.1 Å². The van der Waals surface area contributed by atoms with Crippen molar-refractivity contribution in [2.75, 3.05) is 20.3 Å². The van der Waals surface area contributed by atoms with Crippen molar-refractivity contribution in [1.29, 1.82) is 0 Å². The van der Waals surface area contributed by atoms with Gasteiger partial charge in [0.25, 0.3) is 0 Å². The summed E-state index contributed by atoms with van der Waals surface area (Å²) in [6.45, 7) is 0.792. The van der Waals surface area contributed by atoms with Crippen molar-refractivity contribution < 1.29 is 9.84 Å². The lowest BCUT2D eigenvalue weighted by Crippen LogP contribution is -2.32. The third kappa shape index (κ3) is 3.46. The second kappa shape index (κ2) is 6.21. The van der Waals surface area contributed by atoms with Gasteiger partial charge in [-0.05, 0) is 37.1 Å². The Morgan fingerprint density at radius 2 is 2.25 bits per heavy atom. The molecule has 1 rings (SSSR count). The van der Waals surface area contributed by atoms with Crippen LogP contribution in [-0.2, 0) is 10.3 Å². The Labute approximate surface area is 101 Å². The highest BCUT2D eigenvalue weighted by atomic mass is 35.5. The van der Waals surface area contributed by atoms with Gasteiger partial charge < -0.3 is 15.6 Å². The van der Waals surface area contributed by atoms with Crippen LogP contribution >= 0.6 is 11.6 Å². The number of benzene rings is 1. The number of aliphatic hydroxyl groups is 1. The Kier molecular flexibility index (Phi) is 5.22. The molecular weight excluding hydrogens is 226 g/mol. The molecule has 16 heavy (non-hydrogen) atoms. The van der Waals surface area contributed by atoms with Crippen LogP contribution in [0.4, 0.5) is 0 Å². The van der Waals surface area contributed by atoms with Gasteiger partial charge in [0.2, 0.25) is 0 Å². The van der Waals surface area contributed by atoms with Gasteiger partial charge in [-0.1, -0.05) is 23.7 Å². The van der Waals surface area contributed by atoms with Crippen LogP contribution in [0.2, 0.25) is 5.02 Å². The van der Waals surface area contributed by atoms with Crippen LogP contribution in [0.3, 0.4) is 0 Å². The zero-order chi connectivity index (χ0) is 12.0. The third-order valence-electron chi connectivity index (χ3n) is 2.54. The summed E-state index contributed by atoms with van der Waals surface area (Å²) in [5.41, 5.74) is 5.23. The van der Waals surface area contributed by atoms with Crippen LogP contribution in [0.15, 0.2) is 24.3 Å². The minimum atomic E-state index is -1.00. The summed E-state index contributed by atoms with van der Waals surface area (Å²) in [7, 11) is 1.57. The summed E-state index contributed by atoms with van der Waals surface area (Å²) in [6, 6.07) is 7.21. The molecule has 90 valence electrons. The molecule has 1 unspecified atom stereocenters. The van der Waals surface area contributed by atoms with E-state index in [0.29, 0.717) is 18.0 Å². The minimum Gasteiger partial charge on any atom is -0.383 e. The first-order valence-corrected chi connectivity index (χ1v) is 5.67. The van der Waals surface area contributed by atoms with Gasteiger partial charge in [-0.15, -0.1) is 0 Å². The highest BCUT2D eigenvalue weighted by Crippen LogP contribution is 2.28. The van der Waals surface area contributed by atoms with Gasteiger partial charge in [-0.25, -0.2) is 0 Å². The maximum absolute atomic E-state index is 10.5. The Bertz CT molecular complexity index is 333. The maximum Gasteiger partial charge on any atom is 0.113 e. The molecule has 0 aromatic heterocycles. The van der Waals surface area contributed by atoms with Crippen molar-refractivity contribution in [3.63, 3.8) is 0 Å². The number of halogens is 1. The summed E-state index contributed by atoms with van der Waals surface area (Å²) in [5, 5.41) is 11.1. The van der Waals surface area contributed by atoms with Crippen LogP contribution in [0.5, 0.6) is 0 Å². The molecule has 3 N–H and O–H groups in total. The van der Waals surface area contributed by atoms with Crippen molar-refractivity contribution in [2.24, 2.45) is 5.73 Å². The first-order chi connectivity index (χ1) is 7.62. The Morgan fingerprint density at radius 1 is 1.50 bits per heavy atom. The van der Waals surface area contributed by atoms with Crippen LogP contribution in [0.1, 0.15) is 18.4 Å². The van der Waals surface area contributed by atoms with Crippen LogP contribution in [0.25, 0.3) is 0 Å². The summed E-state index contributed by atoms with van der Waals surface area (Å²) in [5.74, 6) is 0. The van der Waals surface area contributed by atoms with Crippen molar-refractivity contribution in [3.05, 3.63) is 34.9 Å². The van der Waals surface area contributed by atoms with Crippen molar-refractivity contribution >= 4 is 11.6 Å². The molecule has 1 aromatic rings. The van der Waals surface area contributed by atoms with Gasteiger partial charge in [0.1, 0.15) is 5.60 Å². The fourth-order valence-electron chi connectivity index (χ4n) is 1.71. The predicted molar refractivity (Wildman–Crippen MR) is 65.5 cm³/mol. The quantitative estimate of drug-likeness (QED) is 0.803. The average molecular weight is 244 g/mol. The average Bonchev–Trinajstić information content (AvgIpc) is 2.27. The zero-order valence-electron chi connectivity index (χ0n) is 9.45. The molecule has 0 saturated carbocycles. The van der Waals surface area contributed by atoms with Gasteiger partial charge >= 0.3 is 0 Å². The molecule has 1 aromatic carbocycles. The van der Waals surface area contributed by atoms with Gasteiger partial charge in [-0.3, -0.25) is 0 Å². The third-order valence-corrected chi connectivity index (χ3v) is 2.77. The number of hydrogen-bond donors (Lipinski definition) is 2. The van der Waals surface area contributed by atoms with E-state index in [2.05, 4.69) is 0 Å². The van der Waals surface area contributed by atoms with Crippen LogP contribution in [0, 0.1) is 0 Å². The van der Waals surface area contributed by atoms with E-state index in [1.54, 1.807) is 19.2 Å². The molecule has 0 aliphatic heterocycles. The summed E-state index contributed by atoms with van der Waals surface area (Å²) >= 11 is 5.91. The SMILES string of the molecule is COCC(O)(CCCN)c1cccc(Cl)c1. The monoisotopic (exact) mass is 243 g/mol. The molecule has 4 heteroatoms. The number of nitrogens with two attached hydrogens (primary N) is 1. The van der Waals surface area contributed by atoms with E-state index >= 15 is 0 Å². The normalized spacial score (nSPS) is 14.8. The van der Waals surface area contributed by atoms with E-state index in [-0.39, 0.29) is 6.61 Å². The second-order valence-corrected chi connectivity index (χ2v) is 4.30. The molecule has 0 saturated heterocycles. The zero-order valence-corrected chi connectivity index (χ0v) is 10.2. The Morgan fingerprint density at radius 3 is 2.81 bits per heavy atom. The fourth-order valence-corrected chi connectivity index (χ4v) is 1.90. The van der Waals surface area contributed by atoms with E-state index in [0.717, 1.165) is 12.0 Å². The molecule has 0 aliphatic rings. The van der Waals surface area contributed by atoms with Gasteiger partial charge in [0.15, 0.2) is 0 Å². The molecular formula is C12H18ClNO2. The van der Waals surface area contributed by atoms with Gasteiger partial charge in [0, 0.05) is 12.1 Å². The number of rotatable bonds is 6. The summed E-state index contributed by atoms with van der Waals surface area (Å²) < 4.78 is 5.06. The minimum absolute atomic E-state index is 0.243. The Hall–Kier alpha value is -0.610. The molecule has 1 atom stereocenters.